The van der Waals surface area contributed by atoms with Gasteiger partial charge in [0.1, 0.15) is 18.5 Å². The van der Waals surface area contributed by atoms with Crippen LogP contribution in [0.1, 0.15) is 16.8 Å². The number of ether oxygens (including phenoxy) is 3. The molecule has 0 spiro atoms. The predicted octanol–water partition coefficient (Wildman–Crippen LogP) is 1.88. The molecule has 1 aromatic carbocycles. The first-order valence-electron chi connectivity index (χ1n) is 9.25. The number of anilines is 1. The average Bonchev–Trinajstić information content (AvgIpc) is 2.74. The zero-order valence-electron chi connectivity index (χ0n) is 15.1. The van der Waals surface area contributed by atoms with Gasteiger partial charge in [0.25, 0.3) is 5.91 Å². The monoisotopic (exact) mass is 369 g/mol. The van der Waals surface area contributed by atoms with Gasteiger partial charge >= 0.3 is 0 Å². The van der Waals surface area contributed by atoms with Gasteiger partial charge in [-0.2, -0.15) is 0 Å². The lowest BCUT2D eigenvalue weighted by molar-refractivity contribution is 0.0812. The minimum absolute atomic E-state index is 0.0676. The van der Waals surface area contributed by atoms with Crippen molar-refractivity contribution < 1.29 is 19.0 Å². The van der Waals surface area contributed by atoms with Gasteiger partial charge in [-0.15, -0.1) is 0 Å². The number of aromatic nitrogens is 1. The summed E-state index contributed by atoms with van der Waals surface area (Å²) in [4.78, 5) is 18.9. The molecule has 2 aliphatic rings. The summed E-state index contributed by atoms with van der Waals surface area (Å²) in [5.74, 6) is 2.27. The molecule has 1 atom stereocenters. The molecule has 27 heavy (non-hydrogen) atoms. The SMILES string of the molecule is O=C(NCC[C@@H]1COc2ccccc2O1)c1ccc(N2CCOCC2)nc1. The number of para-hydroxylation sites is 2. The minimum Gasteiger partial charge on any atom is -0.486 e. The number of benzene rings is 1. The molecule has 0 bridgehead atoms. The molecule has 7 heteroatoms. The molecule has 2 aromatic rings. The molecule has 0 saturated carbocycles. The molecule has 7 nitrogen and oxygen atoms in total. The Morgan fingerprint density at radius 2 is 1.96 bits per heavy atom. The molecular weight excluding hydrogens is 346 g/mol. The smallest absolute Gasteiger partial charge is 0.252 e. The third-order valence-corrected chi connectivity index (χ3v) is 4.66. The Morgan fingerprint density at radius 1 is 1.15 bits per heavy atom. The molecule has 1 saturated heterocycles. The van der Waals surface area contributed by atoms with Crippen molar-refractivity contribution in [3.63, 3.8) is 0 Å². The fourth-order valence-electron chi connectivity index (χ4n) is 3.15. The van der Waals surface area contributed by atoms with Gasteiger partial charge in [0.2, 0.25) is 0 Å². The van der Waals surface area contributed by atoms with Crippen molar-refractivity contribution in [1.82, 2.24) is 10.3 Å². The Balaban J connectivity index is 1.25. The third-order valence-electron chi connectivity index (χ3n) is 4.66. The third kappa shape index (κ3) is 4.31. The molecule has 1 amide bonds. The number of nitrogens with one attached hydrogen (secondary N) is 1. The maximum Gasteiger partial charge on any atom is 0.252 e. The van der Waals surface area contributed by atoms with E-state index in [2.05, 4.69) is 15.2 Å². The second-order valence-electron chi connectivity index (χ2n) is 6.55. The maximum absolute atomic E-state index is 12.3. The van der Waals surface area contributed by atoms with E-state index in [0.717, 1.165) is 30.4 Å². The molecule has 2 aliphatic heterocycles. The first-order valence-corrected chi connectivity index (χ1v) is 9.25. The predicted molar refractivity (Wildman–Crippen MR) is 101 cm³/mol. The molecule has 4 rings (SSSR count). The van der Waals surface area contributed by atoms with Crippen LogP contribution in [-0.4, -0.2) is 56.5 Å². The highest BCUT2D eigenvalue weighted by Crippen LogP contribution is 2.31. The van der Waals surface area contributed by atoms with Crippen LogP contribution >= 0.6 is 0 Å². The Labute approximate surface area is 158 Å². The van der Waals surface area contributed by atoms with Crippen molar-refractivity contribution in [2.75, 3.05) is 44.4 Å². The lowest BCUT2D eigenvalue weighted by atomic mass is 10.2. The number of fused-ring (bicyclic) bond motifs is 1. The molecule has 1 N–H and O–H groups in total. The number of hydrogen-bond acceptors (Lipinski definition) is 6. The lowest BCUT2D eigenvalue weighted by Crippen LogP contribution is -2.37. The van der Waals surface area contributed by atoms with Crippen molar-refractivity contribution in [3.8, 4) is 11.5 Å². The van der Waals surface area contributed by atoms with Crippen LogP contribution in [0, 0.1) is 0 Å². The van der Waals surface area contributed by atoms with E-state index >= 15 is 0 Å². The van der Waals surface area contributed by atoms with E-state index in [1.807, 2.05) is 36.4 Å². The number of morpholine rings is 1. The van der Waals surface area contributed by atoms with Crippen LogP contribution in [0.3, 0.4) is 0 Å². The topological polar surface area (TPSA) is 72.9 Å². The Kier molecular flexibility index (Phi) is 5.39. The van der Waals surface area contributed by atoms with Gasteiger partial charge < -0.3 is 24.4 Å². The second kappa shape index (κ2) is 8.26. The standard InChI is InChI=1S/C20H23N3O4/c24-20(15-5-6-19(22-13-15)23-9-11-25-12-10-23)21-8-7-16-14-26-17-3-1-2-4-18(17)27-16/h1-6,13,16H,7-12,14H2,(H,21,24)/t16-/m1/s1. The van der Waals surface area contributed by atoms with Crippen molar-refractivity contribution in [2.24, 2.45) is 0 Å². The van der Waals surface area contributed by atoms with Crippen LogP contribution in [0.5, 0.6) is 11.5 Å². The molecule has 0 aliphatic carbocycles. The summed E-state index contributed by atoms with van der Waals surface area (Å²) in [5, 5.41) is 2.92. The molecule has 1 aromatic heterocycles. The van der Waals surface area contributed by atoms with Crippen molar-refractivity contribution >= 4 is 11.7 Å². The summed E-state index contributed by atoms with van der Waals surface area (Å²) in [6.07, 6.45) is 2.23. The fraction of sp³-hybridized carbons (Fsp3) is 0.400. The maximum atomic E-state index is 12.3. The van der Waals surface area contributed by atoms with Crippen molar-refractivity contribution in [2.45, 2.75) is 12.5 Å². The summed E-state index contributed by atoms with van der Waals surface area (Å²) >= 11 is 0. The summed E-state index contributed by atoms with van der Waals surface area (Å²) in [5.41, 5.74) is 0.554. The quantitative estimate of drug-likeness (QED) is 0.868. The van der Waals surface area contributed by atoms with E-state index in [-0.39, 0.29) is 12.0 Å². The fourth-order valence-corrected chi connectivity index (χ4v) is 3.15. The van der Waals surface area contributed by atoms with E-state index in [1.54, 1.807) is 6.20 Å². The highest BCUT2D eigenvalue weighted by Gasteiger charge is 2.20. The number of carbonyl (C=O) groups excluding carboxylic acids is 1. The zero-order chi connectivity index (χ0) is 18.5. The first-order chi connectivity index (χ1) is 13.3. The largest absolute Gasteiger partial charge is 0.486 e. The summed E-state index contributed by atoms with van der Waals surface area (Å²) in [7, 11) is 0. The van der Waals surface area contributed by atoms with Gasteiger partial charge in [-0.1, -0.05) is 12.1 Å². The first kappa shape index (κ1) is 17.6. The van der Waals surface area contributed by atoms with Gasteiger partial charge in [0, 0.05) is 32.3 Å². The zero-order valence-corrected chi connectivity index (χ0v) is 15.1. The van der Waals surface area contributed by atoms with E-state index in [1.165, 1.54) is 0 Å². The number of pyridine rings is 1. The van der Waals surface area contributed by atoms with E-state index in [9.17, 15) is 4.79 Å². The Bertz CT molecular complexity index is 775. The van der Waals surface area contributed by atoms with Crippen LogP contribution in [-0.2, 0) is 4.74 Å². The van der Waals surface area contributed by atoms with E-state index in [0.29, 0.717) is 38.3 Å². The Hall–Kier alpha value is -2.80. The normalized spacial score (nSPS) is 18.8. The van der Waals surface area contributed by atoms with Crippen LogP contribution < -0.4 is 19.7 Å². The number of amides is 1. The second-order valence-corrected chi connectivity index (χ2v) is 6.55. The highest BCUT2D eigenvalue weighted by atomic mass is 16.6. The van der Waals surface area contributed by atoms with Gasteiger partial charge in [-0.25, -0.2) is 4.98 Å². The van der Waals surface area contributed by atoms with Crippen LogP contribution in [0.4, 0.5) is 5.82 Å². The molecule has 0 radical (unpaired) electrons. The molecule has 142 valence electrons. The van der Waals surface area contributed by atoms with Crippen LogP contribution in [0.2, 0.25) is 0 Å². The average molecular weight is 369 g/mol. The summed E-state index contributed by atoms with van der Waals surface area (Å²) in [6.45, 7) is 4.07. The molecular formula is C20H23N3O4. The Morgan fingerprint density at radius 3 is 2.74 bits per heavy atom. The highest BCUT2D eigenvalue weighted by molar-refractivity contribution is 5.94. The van der Waals surface area contributed by atoms with Gasteiger partial charge in [-0.05, 0) is 24.3 Å². The lowest BCUT2D eigenvalue weighted by Gasteiger charge is -2.27. The summed E-state index contributed by atoms with van der Waals surface area (Å²) in [6, 6.07) is 11.3. The van der Waals surface area contributed by atoms with E-state index in [4.69, 9.17) is 14.2 Å². The van der Waals surface area contributed by atoms with E-state index < -0.39 is 0 Å². The summed E-state index contributed by atoms with van der Waals surface area (Å²) < 4.78 is 16.9. The number of hydrogen-bond donors (Lipinski definition) is 1. The molecule has 1 fully saturated rings. The van der Waals surface area contributed by atoms with Gasteiger partial charge in [0.15, 0.2) is 11.5 Å². The number of rotatable bonds is 5. The number of carbonyl (C=O) groups is 1. The van der Waals surface area contributed by atoms with Gasteiger partial charge in [-0.3, -0.25) is 4.79 Å². The van der Waals surface area contributed by atoms with Crippen LogP contribution in [0.15, 0.2) is 42.6 Å². The van der Waals surface area contributed by atoms with Crippen molar-refractivity contribution in [1.29, 1.82) is 0 Å². The minimum atomic E-state index is -0.131. The van der Waals surface area contributed by atoms with Crippen LogP contribution in [0.25, 0.3) is 0 Å². The van der Waals surface area contributed by atoms with Crippen molar-refractivity contribution in [3.05, 3.63) is 48.2 Å². The molecule has 0 unspecified atom stereocenters. The van der Waals surface area contributed by atoms with Gasteiger partial charge in [0.05, 0.1) is 18.8 Å². The number of nitrogens with zero attached hydrogens (tertiary/aromatic N) is 2. The molecule has 3 heterocycles.